The van der Waals surface area contributed by atoms with Gasteiger partial charge in [-0.25, -0.2) is 0 Å². The van der Waals surface area contributed by atoms with Crippen LogP contribution in [0, 0.1) is 23.2 Å². The Labute approximate surface area is 56.6 Å². The smallest absolute Gasteiger partial charge is 0.0287 e. The van der Waals surface area contributed by atoms with E-state index in [2.05, 4.69) is 6.92 Å². The Balaban J connectivity index is 1.97. The van der Waals surface area contributed by atoms with Gasteiger partial charge in [-0.15, -0.1) is 0 Å². The molecule has 0 bridgehead atoms. The quantitative estimate of drug-likeness (QED) is 0.463. The summed E-state index contributed by atoms with van der Waals surface area (Å²) in [5.41, 5.74) is 0.867. The molecule has 0 spiro atoms. The molecule has 0 heteroatoms. The first-order valence-corrected chi connectivity index (χ1v) is 4.30. The first-order chi connectivity index (χ1) is 4.30. The van der Waals surface area contributed by atoms with Crippen LogP contribution in [0.3, 0.4) is 0 Å². The van der Waals surface area contributed by atoms with E-state index in [4.69, 9.17) is 0 Å². The summed E-state index contributed by atoms with van der Waals surface area (Å²) in [6, 6.07) is 0. The van der Waals surface area contributed by atoms with Gasteiger partial charge in [0, 0.05) is 0 Å². The average molecular weight is 122 g/mol. The normalized spacial score (nSPS) is 68.3. The molecular formula is C9H14. The van der Waals surface area contributed by atoms with Gasteiger partial charge in [0.15, 0.2) is 0 Å². The molecule has 9 heavy (non-hydrogen) atoms. The van der Waals surface area contributed by atoms with Crippen molar-refractivity contribution < 1.29 is 0 Å². The topological polar surface area (TPSA) is 0 Å². The summed E-state index contributed by atoms with van der Waals surface area (Å²) in [6.07, 6.45) is 6.30. The molecule has 0 heterocycles. The van der Waals surface area contributed by atoms with Gasteiger partial charge in [0.1, 0.15) is 0 Å². The fourth-order valence-corrected chi connectivity index (χ4v) is 4.00. The summed E-state index contributed by atoms with van der Waals surface area (Å²) in [6.45, 7) is 2.50. The Bertz CT molecular complexity index is 145. The largest absolute Gasteiger partial charge is 0.0593 e. The van der Waals surface area contributed by atoms with E-state index in [1.54, 1.807) is 25.7 Å². The van der Waals surface area contributed by atoms with E-state index in [0.29, 0.717) is 0 Å². The fraction of sp³-hybridized carbons (Fsp3) is 1.00. The maximum Gasteiger partial charge on any atom is -0.0287 e. The summed E-state index contributed by atoms with van der Waals surface area (Å²) in [7, 11) is 0. The Morgan fingerprint density at radius 1 is 1.11 bits per heavy atom. The molecule has 0 nitrogen and oxygen atoms in total. The minimum Gasteiger partial charge on any atom is -0.0593 e. The van der Waals surface area contributed by atoms with E-state index in [-0.39, 0.29) is 0 Å². The summed E-state index contributed by atoms with van der Waals surface area (Å²) >= 11 is 0. The minimum absolute atomic E-state index is 0.867. The molecule has 50 valence electrons. The minimum atomic E-state index is 0.867. The molecule has 0 aliphatic heterocycles. The molecule has 0 aromatic rings. The van der Waals surface area contributed by atoms with Gasteiger partial charge in [0.25, 0.3) is 0 Å². The predicted molar refractivity (Wildman–Crippen MR) is 37.0 cm³/mol. The van der Waals surface area contributed by atoms with Crippen LogP contribution in [0.15, 0.2) is 0 Å². The van der Waals surface area contributed by atoms with Crippen LogP contribution in [0.25, 0.3) is 0 Å². The van der Waals surface area contributed by atoms with Crippen molar-refractivity contribution in [1.29, 1.82) is 0 Å². The molecule has 3 aliphatic carbocycles. The van der Waals surface area contributed by atoms with Gasteiger partial charge in [0.2, 0.25) is 0 Å². The summed E-state index contributed by atoms with van der Waals surface area (Å²) in [4.78, 5) is 0. The lowest BCUT2D eigenvalue weighted by molar-refractivity contribution is -0.133. The van der Waals surface area contributed by atoms with Gasteiger partial charge in [-0.05, 0) is 48.9 Å². The van der Waals surface area contributed by atoms with Crippen LogP contribution in [0.5, 0.6) is 0 Å². The number of rotatable bonds is 0. The summed E-state index contributed by atoms with van der Waals surface area (Å²) in [5.74, 6) is 3.58. The molecule has 0 aromatic carbocycles. The van der Waals surface area contributed by atoms with Gasteiger partial charge in [-0.1, -0.05) is 6.92 Å². The summed E-state index contributed by atoms with van der Waals surface area (Å²) < 4.78 is 0. The molecule has 0 radical (unpaired) electrons. The highest BCUT2D eigenvalue weighted by molar-refractivity contribution is 5.13. The van der Waals surface area contributed by atoms with Crippen molar-refractivity contribution in [3.8, 4) is 0 Å². The zero-order chi connectivity index (χ0) is 6.06. The van der Waals surface area contributed by atoms with E-state index in [1.165, 1.54) is 17.8 Å². The number of hydrogen-bond acceptors (Lipinski definition) is 0. The monoisotopic (exact) mass is 122 g/mol. The van der Waals surface area contributed by atoms with Crippen molar-refractivity contribution in [1.82, 2.24) is 0 Å². The second kappa shape index (κ2) is 1.09. The van der Waals surface area contributed by atoms with Crippen LogP contribution in [-0.4, -0.2) is 0 Å². The van der Waals surface area contributed by atoms with Crippen LogP contribution < -0.4 is 0 Å². The maximum atomic E-state index is 2.50. The average Bonchev–Trinajstić information content (AvgIpc) is 1.90. The lowest BCUT2D eigenvalue weighted by Crippen LogP contribution is -2.55. The molecule has 0 amide bonds. The molecular weight excluding hydrogens is 108 g/mol. The fourth-order valence-electron chi connectivity index (χ4n) is 4.00. The molecule has 0 N–H and O–H groups in total. The Morgan fingerprint density at radius 3 is 2.00 bits per heavy atom. The van der Waals surface area contributed by atoms with E-state index in [0.717, 1.165) is 5.41 Å². The highest BCUT2D eigenvalue weighted by Gasteiger charge is 2.64. The van der Waals surface area contributed by atoms with Crippen molar-refractivity contribution in [2.24, 2.45) is 23.2 Å². The van der Waals surface area contributed by atoms with Crippen molar-refractivity contribution in [2.75, 3.05) is 0 Å². The van der Waals surface area contributed by atoms with Gasteiger partial charge >= 0.3 is 0 Å². The third kappa shape index (κ3) is 0.342. The first-order valence-electron chi connectivity index (χ1n) is 4.30. The second-order valence-electron chi connectivity index (χ2n) is 4.69. The van der Waals surface area contributed by atoms with Crippen LogP contribution in [-0.2, 0) is 0 Å². The molecule has 3 aliphatic rings. The van der Waals surface area contributed by atoms with Crippen LogP contribution in [0.1, 0.15) is 32.6 Å². The highest BCUT2D eigenvalue weighted by Crippen LogP contribution is 2.72. The van der Waals surface area contributed by atoms with Gasteiger partial charge in [0.05, 0.1) is 0 Å². The third-order valence-electron chi connectivity index (χ3n) is 4.19. The SMILES string of the molecule is CC12CC3CCC(C1)C32. The molecule has 0 aromatic heterocycles. The molecule has 2 atom stereocenters. The molecule has 3 rings (SSSR count). The van der Waals surface area contributed by atoms with Gasteiger partial charge < -0.3 is 0 Å². The second-order valence-corrected chi connectivity index (χ2v) is 4.69. The number of hydrogen-bond donors (Lipinski definition) is 0. The van der Waals surface area contributed by atoms with Crippen LogP contribution >= 0.6 is 0 Å². The lowest BCUT2D eigenvalue weighted by Gasteiger charge is -2.62. The van der Waals surface area contributed by atoms with Gasteiger partial charge in [-0.3, -0.25) is 0 Å². The lowest BCUT2D eigenvalue weighted by atomic mass is 9.43. The van der Waals surface area contributed by atoms with E-state index in [9.17, 15) is 0 Å². The predicted octanol–water partition coefficient (Wildman–Crippen LogP) is 2.44. The highest BCUT2D eigenvalue weighted by atomic mass is 14.7. The Hall–Kier alpha value is 0. The molecule has 0 saturated heterocycles. The van der Waals surface area contributed by atoms with Crippen LogP contribution in [0.2, 0.25) is 0 Å². The van der Waals surface area contributed by atoms with Crippen molar-refractivity contribution in [2.45, 2.75) is 32.6 Å². The van der Waals surface area contributed by atoms with E-state index < -0.39 is 0 Å². The standard InChI is InChI=1S/C9H14/c1-9-4-6-2-3-7(5-9)8(6)9/h6-8H,2-5H2,1H3. The van der Waals surface area contributed by atoms with E-state index >= 15 is 0 Å². The Morgan fingerprint density at radius 2 is 1.67 bits per heavy atom. The van der Waals surface area contributed by atoms with Crippen molar-refractivity contribution in [3.05, 3.63) is 0 Å². The van der Waals surface area contributed by atoms with Gasteiger partial charge in [-0.2, -0.15) is 0 Å². The molecule has 2 unspecified atom stereocenters. The first kappa shape index (κ1) is 4.76. The zero-order valence-corrected chi connectivity index (χ0v) is 6.06. The Kier molecular flexibility index (Phi) is 0.574. The van der Waals surface area contributed by atoms with Crippen molar-refractivity contribution >= 4 is 0 Å². The zero-order valence-electron chi connectivity index (χ0n) is 6.06. The van der Waals surface area contributed by atoms with Crippen LogP contribution in [0.4, 0.5) is 0 Å². The third-order valence-corrected chi connectivity index (χ3v) is 4.19. The maximum absolute atomic E-state index is 2.50. The summed E-state index contributed by atoms with van der Waals surface area (Å²) in [5, 5.41) is 0. The van der Waals surface area contributed by atoms with Crippen molar-refractivity contribution in [3.63, 3.8) is 0 Å². The molecule has 3 saturated carbocycles. The molecule has 3 fully saturated rings. The van der Waals surface area contributed by atoms with E-state index in [1.807, 2.05) is 0 Å².